The predicted molar refractivity (Wildman–Crippen MR) is 90.6 cm³/mol. The number of ether oxygens (including phenoxy) is 1. The van der Waals surface area contributed by atoms with Crippen LogP contribution < -0.4 is 15.4 Å². The van der Waals surface area contributed by atoms with Crippen LogP contribution in [0.5, 0.6) is 5.75 Å². The summed E-state index contributed by atoms with van der Waals surface area (Å²) in [5.41, 5.74) is 3.38. The smallest absolute Gasteiger partial charge is 0.319 e. The molecule has 0 unspecified atom stereocenters. The molecule has 0 spiro atoms. The number of carbonyl (C=O) groups excluding carboxylic acids is 1. The molecule has 5 heteroatoms. The molecule has 0 saturated heterocycles. The number of hydrogen-bond acceptors (Lipinski definition) is 3. The summed E-state index contributed by atoms with van der Waals surface area (Å²) < 4.78 is 5.48. The summed E-state index contributed by atoms with van der Waals surface area (Å²) in [5.74, 6) is 0.815. The molecule has 0 atom stereocenters. The zero-order valence-corrected chi connectivity index (χ0v) is 13.4. The second-order valence-electron chi connectivity index (χ2n) is 5.15. The van der Waals surface area contributed by atoms with E-state index in [1.54, 1.807) is 6.07 Å². The third-order valence-electron chi connectivity index (χ3n) is 3.46. The van der Waals surface area contributed by atoms with E-state index in [9.17, 15) is 9.90 Å². The largest absolute Gasteiger partial charge is 0.494 e. The van der Waals surface area contributed by atoms with Crippen molar-refractivity contribution in [2.45, 2.75) is 27.0 Å². The second kappa shape index (κ2) is 8.19. The number of benzene rings is 2. The summed E-state index contributed by atoms with van der Waals surface area (Å²) in [4.78, 5) is 12.0. The van der Waals surface area contributed by atoms with Gasteiger partial charge in [-0.3, -0.25) is 0 Å². The highest BCUT2D eigenvalue weighted by molar-refractivity contribution is 5.89. The number of anilines is 1. The maximum absolute atomic E-state index is 12.0. The van der Waals surface area contributed by atoms with E-state index in [2.05, 4.69) is 10.6 Å². The summed E-state index contributed by atoms with van der Waals surface area (Å²) in [6.07, 6.45) is 0. The van der Waals surface area contributed by atoms with E-state index in [-0.39, 0.29) is 12.6 Å². The summed E-state index contributed by atoms with van der Waals surface area (Å²) in [6.45, 7) is 4.79. The Balaban J connectivity index is 1.93. The van der Waals surface area contributed by atoms with Crippen LogP contribution in [0.1, 0.15) is 23.6 Å². The highest BCUT2D eigenvalue weighted by atomic mass is 16.5. The molecule has 0 saturated carbocycles. The van der Waals surface area contributed by atoms with Crippen molar-refractivity contribution in [1.82, 2.24) is 5.32 Å². The lowest BCUT2D eigenvalue weighted by molar-refractivity contribution is 0.251. The zero-order valence-electron chi connectivity index (χ0n) is 13.4. The van der Waals surface area contributed by atoms with Gasteiger partial charge >= 0.3 is 6.03 Å². The molecule has 2 rings (SSSR count). The van der Waals surface area contributed by atoms with Crippen molar-refractivity contribution in [3.05, 3.63) is 59.2 Å². The van der Waals surface area contributed by atoms with Gasteiger partial charge in [0, 0.05) is 12.2 Å². The van der Waals surface area contributed by atoms with Gasteiger partial charge in [0.25, 0.3) is 0 Å². The van der Waals surface area contributed by atoms with Crippen molar-refractivity contribution in [3.63, 3.8) is 0 Å². The van der Waals surface area contributed by atoms with Gasteiger partial charge in [-0.15, -0.1) is 0 Å². The van der Waals surface area contributed by atoms with Gasteiger partial charge in [0.15, 0.2) is 0 Å². The summed E-state index contributed by atoms with van der Waals surface area (Å²) in [7, 11) is 0. The molecule has 0 aromatic heterocycles. The van der Waals surface area contributed by atoms with Crippen LogP contribution in [0.2, 0.25) is 0 Å². The van der Waals surface area contributed by atoms with Crippen LogP contribution in [0.4, 0.5) is 10.5 Å². The van der Waals surface area contributed by atoms with E-state index in [1.165, 1.54) is 0 Å². The Morgan fingerprint density at radius 2 is 1.91 bits per heavy atom. The zero-order chi connectivity index (χ0) is 16.7. The fraction of sp³-hybridized carbons (Fsp3) is 0.278. The van der Waals surface area contributed by atoms with Gasteiger partial charge in [-0.1, -0.05) is 24.3 Å². The molecule has 122 valence electrons. The van der Waals surface area contributed by atoms with Crippen LogP contribution in [0.15, 0.2) is 42.5 Å². The third kappa shape index (κ3) is 4.72. The average Bonchev–Trinajstić information content (AvgIpc) is 2.56. The van der Waals surface area contributed by atoms with Crippen molar-refractivity contribution in [1.29, 1.82) is 0 Å². The van der Waals surface area contributed by atoms with Gasteiger partial charge < -0.3 is 20.5 Å². The number of nitrogens with one attached hydrogen (secondary N) is 2. The maximum Gasteiger partial charge on any atom is 0.319 e. The Kier molecular flexibility index (Phi) is 6.00. The monoisotopic (exact) mass is 314 g/mol. The van der Waals surface area contributed by atoms with E-state index in [0.717, 1.165) is 22.4 Å². The molecule has 23 heavy (non-hydrogen) atoms. The molecule has 3 N–H and O–H groups in total. The number of hydrogen-bond donors (Lipinski definition) is 3. The fourth-order valence-corrected chi connectivity index (χ4v) is 2.28. The van der Waals surface area contributed by atoms with Crippen molar-refractivity contribution < 1.29 is 14.6 Å². The minimum atomic E-state index is -0.290. The van der Waals surface area contributed by atoms with Crippen LogP contribution >= 0.6 is 0 Å². The van der Waals surface area contributed by atoms with Crippen molar-refractivity contribution in [2.75, 3.05) is 11.9 Å². The molecular formula is C18H22N2O3. The molecule has 2 aromatic rings. The molecule has 0 bridgehead atoms. The first-order valence-electron chi connectivity index (χ1n) is 7.60. The maximum atomic E-state index is 12.0. The lowest BCUT2D eigenvalue weighted by atomic mass is 10.1. The van der Waals surface area contributed by atoms with Crippen LogP contribution in [0, 0.1) is 6.92 Å². The standard InChI is InChI=1S/C18H22N2O3/c1-3-23-17-9-8-16(10-13(17)2)20-18(22)19-11-14-6-4-5-7-15(14)12-21/h4-10,21H,3,11-12H2,1-2H3,(H2,19,20,22). The quantitative estimate of drug-likeness (QED) is 0.767. The van der Waals surface area contributed by atoms with Gasteiger partial charge in [0.2, 0.25) is 0 Å². The Hall–Kier alpha value is -2.53. The van der Waals surface area contributed by atoms with Crippen molar-refractivity contribution >= 4 is 11.7 Å². The molecule has 0 aliphatic heterocycles. The minimum absolute atomic E-state index is 0.0441. The summed E-state index contributed by atoms with van der Waals surface area (Å²) in [5, 5.41) is 14.9. The first-order chi connectivity index (χ1) is 11.1. The van der Waals surface area contributed by atoms with Crippen LogP contribution in [0.25, 0.3) is 0 Å². The Morgan fingerprint density at radius 3 is 2.57 bits per heavy atom. The molecule has 2 aromatic carbocycles. The topological polar surface area (TPSA) is 70.6 Å². The molecule has 2 amide bonds. The van der Waals surface area contributed by atoms with Gasteiger partial charge in [-0.05, 0) is 48.7 Å². The second-order valence-corrected chi connectivity index (χ2v) is 5.15. The molecule has 0 aliphatic rings. The number of aliphatic hydroxyl groups excluding tert-OH is 1. The van der Waals surface area contributed by atoms with Gasteiger partial charge in [-0.2, -0.15) is 0 Å². The number of amides is 2. The molecule has 0 radical (unpaired) electrons. The first kappa shape index (κ1) is 16.8. The van der Waals surface area contributed by atoms with Gasteiger partial charge in [-0.25, -0.2) is 4.79 Å². The average molecular weight is 314 g/mol. The Bertz CT molecular complexity index is 671. The SMILES string of the molecule is CCOc1ccc(NC(=O)NCc2ccccc2CO)cc1C. The van der Waals surface area contributed by atoms with E-state index in [0.29, 0.717) is 18.8 Å². The highest BCUT2D eigenvalue weighted by Gasteiger charge is 2.06. The molecule has 0 aliphatic carbocycles. The third-order valence-corrected chi connectivity index (χ3v) is 3.46. The normalized spacial score (nSPS) is 10.2. The molecule has 5 nitrogen and oxygen atoms in total. The van der Waals surface area contributed by atoms with E-state index >= 15 is 0 Å². The van der Waals surface area contributed by atoms with Gasteiger partial charge in [0.05, 0.1) is 13.2 Å². The number of aliphatic hydroxyl groups is 1. The molecule has 0 heterocycles. The highest BCUT2D eigenvalue weighted by Crippen LogP contribution is 2.21. The number of carbonyl (C=O) groups is 1. The summed E-state index contributed by atoms with van der Waals surface area (Å²) in [6, 6.07) is 12.7. The van der Waals surface area contributed by atoms with Crippen LogP contribution in [-0.4, -0.2) is 17.7 Å². The Morgan fingerprint density at radius 1 is 1.17 bits per heavy atom. The summed E-state index contributed by atoms with van der Waals surface area (Å²) >= 11 is 0. The number of aryl methyl sites for hydroxylation is 1. The molecule has 0 fully saturated rings. The number of urea groups is 1. The van der Waals surface area contributed by atoms with E-state index < -0.39 is 0 Å². The van der Waals surface area contributed by atoms with E-state index in [4.69, 9.17) is 4.74 Å². The Labute approximate surface area is 136 Å². The van der Waals surface area contributed by atoms with Crippen molar-refractivity contribution in [3.8, 4) is 5.75 Å². The van der Waals surface area contributed by atoms with Gasteiger partial charge in [0.1, 0.15) is 5.75 Å². The van der Waals surface area contributed by atoms with Crippen LogP contribution in [-0.2, 0) is 13.2 Å². The first-order valence-corrected chi connectivity index (χ1v) is 7.60. The van der Waals surface area contributed by atoms with Crippen molar-refractivity contribution in [2.24, 2.45) is 0 Å². The fourth-order valence-electron chi connectivity index (χ4n) is 2.28. The predicted octanol–water partition coefficient (Wildman–Crippen LogP) is 3.21. The number of rotatable bonds is 6. The lowest BCUT2D eigenvalue weighted by Gasteiger charge is -2.12. The minimum Gasteiger partial charge on any atom is -0.494 e. The molecular weight excluding hydrogens is 292 g/mol. The van der Waals surface area contributed by atoms with E-state index in [1.807, 2.05) is 50.2 Å². The van der Waals surface area contributed by atoms with Crippen LogP contribution in [0.3, 0.4) is 0 Å². The lowest BCUT2D eigenvalue weighted by Crippen LogP contribution is -2.28.